The molecule has 2 nitrogen and oxygen atoms in total. The maximum Gasteiger partial charge on any atom is 0.144 e. The third-order valence-electron chi connectivity index (χ3n) is 2.29. The highest BCUT2D eigenvalue weighted by molar-refractivity contribution is 7.85. The van der Waals surface area contributed by atoms with Gasteiger partial charge in [-0.05, 0) is 39.5 Å². The summed E-state index contributed by atoms with van der Waals surface area (Å²) in [5, 5.41) is 0. The quantitative estimate of drug-likeness (QED) is 0.632. The van der Waals surface area contributed by atoms with Crippen LogP contribution >= 0.6 is 0 Å². The molecule has 0 saturated heterocycles. The molecule has 13 heavy (non-hydrogen) atoms. The van der Waals surface area contributed by atoms with Crippen LogP contribution in [0.3, 0.4) is 0 Å². The minimum atomic E-state index is -1.06. The van der Waals surface area contributed by atoms with Crippen molar-refractivity contribution >= 4 is 17.2 Å². The molecule has 1 atom stereocenters. The van der Waals surface area contributed by atoms with Crippen LogP contribution in [0, 0.1) is 5.92 Å². The van der Waals surface area contributed by atoms with Gasteiger partial charge in [-0.2, -0.15) is 4.40 Å². The topological polar surface area (TPSA) is 29.4 Å². The van der Waals surface area contributed by atoms with Crippen LogP contribution < -0.4 is 0 Å². The van der Waals surface area contributed by atoms with Gasteiger partial charge in [-0.3, -0.25) is 0 Å². The summed E-state index contributed by atoms with van der Waals surface area (Å²) in [5.74, 6) is 0.589. The van der Waals surface area contributed by atoms with Gasteiger partial charge in [0.25, 0.3) is 0 Å². The molecular weight excluding hydrogens is 182 g/mol. The molecule has 0 heterocycles. The molecule has 0 spiro atoms. The lowest BCUT2D eigenvalue weighted by Crippen LogP contribution is -2.20. The summed E-state index contributed by atoms with van der Waals surface area (Å²) in [6.45, 7) is 5.86. The van der Waals surface area contributed by atoms with Crippen LogP contribution in [-0.2, 0) is 11.0 Å². The fourth-order valence-electron chi connectivity index (χ4n) is 1.41. The van der Waals surface area contributed by atoms with E-state index in [-0.39, 0.29) is 4.75 Å². The second-order valence-electron chi connectivity index (χ2n) is 4.66. The normalized spacial score (nSPS) is 22.7. The average Bonchev–Trinajstić information content (AvgIpc) is 2.50. The van der Waals surface area contributed by atoms with Crippen molar-refractivity contribution in [1.29, 1.82) is 0 Å². The highest BCUT2D eigenvalue weighted by Crippen LogP contribution is 2.23. The zero-order chi connectivity index (χ0) is 9.90. The molecule has 1 aliphatic carbocycles. The van der Waals surface area contributed by atoms with Gasteiger partial charge in [0.2, 0.25) is 0 Å². The number of rotatable bonds is 2. The Morgan fingerprint density at radius 1 is 1.31 bits per heavy atom. The Balaban J connectivity index is 2.43. The van der Waals surface area contributed by atoms with Crippen molar-refractivity contribution in [2.45, 2.75) is 51.2 Å². The third kappa shape index (κ3) is 3.59. The summed E-state index contributed by atoms with van der Waals surface area (Å²) in [7, 11) is -1.06. The summed E-state index contributed by atoms with van der Waals surface area (Å²) in [6, 6.07) is 0. The van der Waals surface area contributed by atoms with E-state index in [1.54, 1.807) is 0 Å². The van der Waals surface area contributed by atoms with Crippen molar-refractivity contribution in [2.24, 2.45) is 10.3 Å². The van der Waals surface area contributed by atoms with Crippen molar-refractivity contribution in [3.05, 3.63) is 0 Å². The highest BCUT2D eigenvalue weighted by Gasteiger charge is 2.19. The molecule has 0 amide bonds. The van der Waals surface area contributed by atoms with Gasteiger partial charge in [0.1, 0.15) is 11.0 Å². The molecule has 0 aromatic rings. The van der Waals surface area contributed by atoms with Gasteiger partial charge < -0.3 is 0 Å². The van der Waals surface area contributed by atoms with Gasteiger partial charge in [-0.1, -0.05) is 12.8 Å². The highest BCUT2D eigenvalue weighted by atomic mass is 32.2. The smallest absolute Gasteiger partial charge is 0.144 e. The largest absolute Gasteiger partial charge is 0.234 e. The number of nitrogens with zero attached hydrogens (tertiary/aromatic N) is 1. The van der Waals surface area contributed by atoms with E-state index in [0.29, 0.717) is 5.92 Å². The van der Waals surface area contributed by atoms with Crippen LogP contribution in [0.2, 0.25) is 0 Å². The minimum Gasteiger partial charge on any atom is -0.234 e. The third-order valence-corrected chi connectivity index (χ3v) is 3.65. The van der Waals surface area contributed by atoms with E-state index >= 15 is 0 Å². The molecule has 0 radical (unpaired) electrons. The number of hydrogen-bond donors (Lipinski definition) is 0. The van der Waals surface area contributed by atoms with Crippen LogP contribution in [0.4, 0.5) is 0 Å². The summed E-state index contributed by atoms with van der Waals surface area (Å²) in [6.07, 6.45) is 6.97. The first-order valence-electron chi connectivity index (χ1n) is 4.96. The Bertz CT molecular complexity index is 211. The Labute approximate surface area is 83.4 Å². The predicted molar refractivity (Wildman–Crippen MR) is 58.3 cm³/mol. The van der Waals surface area contributed by atoms with Gasteiger partial charge in [-0.25, -0.2) is 4.21 Å². The molecular formula is C10H19NOS. The van der Waals surface area contributed by atoms with Crippen LogP contribution in [0.25, 0.3) is 0 Å². The lowest BCUT2D eigenvalue weighted by molar-refractivity contribution is 0.650. The Hall–Kier alpha value is -0.180. The molecule has 0 bridgehead atoms. The van der Waals surface area contributed by atoms with Gasteiger partial charge in [0, 0.05) is 6.21 Å². The first kappa shape index (κ1) is 10.9. The van der Waals surface area contributed by atoms with Crippen LogP contribution in [-0.4, -0.2) is 15.2 Å². The molecule has 0 aromatic heterocycles. The van der Waals surface area contributed by atoms with Crippen LogP contribution in [0.5, 0.6) is 0 Å². The molecule has 3 heteroatoms. The van der Waals surface area contributed by atoms with E-state index in [0.717, 1.165) is 0 Å². The average molecular weight is 201 g/mol. The molecule has 76 valence electrons. The molecule has 1 rings (SSSR count). The second-order valence-corrected chi connectivity index (χ2v) is 6.59. The maximum absolute atomic E-state index is 11.5. The van der Waals surface area contributed by atoms with E-state index in [1.165, 1.54) is 25.7 Å². The second kappa shape index (κ2) is 4.36. The fourth-order valence-corrected chi connectivity index (χ4v) is 2.00. The first-order chi connectivity index (χ1) is 6.00. The molecule has 1 aliphatic rings. The standard InChI is InChI=1S/C10H19NOS/c1-10(2,3)13(12)11-8-9-6-4-5-7-9/h8-9H,4-7H2,1-3H3/b11-8-/t13-/m0/s1. The first-order valence-corrected chi connectivity index (χ1v) is 6.07. The van der Waals surface area contributed by atoms with Gasteiger partial charge in [0.05, 0.1) is 4.75 Å². The van der Waals surface area contributed by atoms with Crippen molar-refractivity contribution in [2.75, 3.05) is 0 Å². The van der Waals surface area contributed by atoms with Crippen LogP contribution in [0.15, 0.2) is 4.40 Å². The van der Waals surface area contributed by atoms with Crippen molar-refractivity contribution in [1.82, 2.24) is 0 Å². The Morgan fingerprint density at radius 3 is 2.31 bits per heavy atom. The minimum absolute atomic E-state index is 0.213. The summed E-state index contributed by atoms with van der Waals surface area (Å²) in [5.41, 5.74) is 0. The van der Waals surface area contributed by atoms with Gasteiger partial charge >= 0.3 is 0 Å². The molecule has 0 unspecified atom stereocenters. The van der Waals surface area contributed by atoms with Gasteiger partial charge in [-0.15, -0.1) is 0 Å². The molecule has 0 aromatic carbocycles. The fraction of sp³-hybridized carbons (Fsp3) is 0.900. The summed E-state index contributed by atoms with van der Waals surface area (Å²) in [4.78, 5) is 0. The van der Waals surface area contributed by atoms with Crippen LogP contribution in [0.1, 0.15) is 46.5 Å². The van der Waals surface area contributed by atoms with E-state index < -0.39 is 11.0 Å². The zero-order valence-corrected chi connectivity index (χ0v) is 9.56. The summed E-state index contributed by atoms with van der Waals surface area (Å²) >= 11 is 0. The van der Waals surface area contributed by atoms with E-state index in [9.17, 15) is 4.21 Å². The van der Waals surface area contributed by atoms with E-state index in [2.05, 4.69) is 4.40 Å². The maximum atomic E-state index is 11.5. The molecule has 1 saturated carbocycles. The van der Waals surface area contributed by atoms with E-state index in [4.69, 9.17) is 0 Å². The molecule has 0 aliphatic heterocycles. The number of hydrogen-bond acceptors (Lipinski definition) is 1. The van der Waals surface area contributed by atoms with Crippen molar-refractivity contribution in [3.8, 4) is 0 Å². The lowest BCUT2D eigenvalue weighted by atomic mass is 10.1. The monoisotopic (exact) mass is 201 g/mol. The van der Waals surface area contributed by atoms with Crippen molar-refractivity contribution < 1.29 is 4.21 Å². The van der Waals surface area contributed by atoms with E-state index in [1.807, 2.05) is 27.0 Å². The Kier molecular flexibility index (Phi) is 3.65. The van der Waals surface area contributed by atoms with Crippen molar-refractivity contribution in [3.63, 3.8) is 0 Å². The molecule has 0 N–H and O–H groups in total. The van der Waals surface area contributed by atoms with Gasteiger partial charge in [0.15, 0.2) is 0 Å². The Morgan fingerprint density at radius 2 is 1.85 bits per heavy atom. The SMILES string of the molecule is CC(C)(C)[S@](=O)/N=C\C1CCCC1. The summed E-state index contributed by atoms with van der Waals surface area (Å²) < 4.78 is 15.4. The molecule has 1 fully saturated rings. The zero-order valence-electron chi connectivity index (χ0n) is 8.75. The lowest BCUT2D eigenvalue weighted by Gasteiger charge is -2.13. The predicted octanol–water partition coefficient (Wildman–Crippen LogP) is 2.71.